The molecule has 1 fully saturated rings. The fourth-order valence-electron chi connectivity index (χ4n) is 2.08. The van der Waals surface area contributed by atoms with Gasteiger partial charge in [0.05, 0.1) is 7.11 Å². The predicted molar refractivity (Wildman–Crippen MR) is 65.9 cm³/mol. The van der Waals surface area contributed by atoms with Crippen molar-refractivity contribution in [3.05, 3.63) is 29.8 Å². The van der Waals surface area contributed by atoms with Crippen molar-refractivity contribution in [2.75, 3.05) is 20.2 Å². The first kappa shape index (κ1) is 11.9. The van der Waals surface area contributed by atoms with Crippen molar-refractivity contribution < 1.29 is 9.53 Å². The Morgan fingerprint density at radius 3 is 2.65 bits per heavy atom. The lowest BCUT2D eigenvalue weighted by Gasteiger charge is -2.15. The molecule has 1 amide bonds. The number of hydrogen-bond acceptors (Lipinski definition) is 3. The van der Waals surface area contributed by atoms with E-state index < -0.39 is 0 Å². The van der Waals surface area contributed by atoms with Gasteiger partial charge in [-0.2, -0.15) is 0 Å². The predicted octanol–water partition coefficient (Wildman–Crippen LogP) is 0.797. The van der Waals surface area contributed by atoms with Crippen molar-refractivity contribution in [2.45, 2.75) is 18.9 Å². The summed E-state index contributed by atoms with van der Waals surface area (Å²) in [6.07, 6.45) is 1.35. The van der Waals surface area contributed by atoms with E-state index in [0.717, 1.165) is 18.7 Å². The molecule has 1 atom stereocenters. The number of nitrogens with two attached hydrogens (primary N) is 1. The zero-order valence-corrected chi connectivity index (χ0v) is 10.1. The lowest BCUT2D eigenvalue weighted by Crippen LogP contribution is -2.30. The molecule has 0 spiro atoms. The van der Waals surface area contributed by atoms with Crippen molar-refractivity contribution in [1.82, 2.24) is 4.90 Å². The van der Waals surface area contributed by atoms with Crippen LogP contribution in [0.4, 0.5) is 0 Å². The summed E-state index contributed by atoms with van der Waals surface area (Å²) < 4.78 is 5.10. The molecule has 0 radical (unpaired) electrons. The monoisotopic (exact) mass is 234 g/mol. The molecule has 0 saturated carbocycles. The highest BCUT2D eigenvalue weighted by Crippen LogP contribution is 2.14. The van der Waals surface area contributed by atoms with Gasteiger partial charge in [-0.05, 0) is 24.1 Å². The third kappa shape index (κ3) is 2.97. The number of methoxy groups -OCH3 is 1. The van der Waals surface area contributed by atoms with Crippen LogP contribution in [0.2, 0.25) is 0 Å². The van der Waals surface area contributed by atoms with Crippen LogP contribution in [0.15, 0.2) is 24.3 Å². The van der Waals surface area contributed by atoms with Crippen molar-refractivity contribution in [2.24, 2.45) is 5.73 Å². The van der Waals surface area contributed by atoms with Gasteiger partial charge in [-0.25, -0.2) is 0 Å². The zero-order chi connectivity index (χ0) is 12.3. The standard InChI is InChI=1S/C13H18N2O2/c1-17-12-4-2-10(3-5-12)6-7-15-9-11(14)8-13(15)16/h2-5,11H,6-9,14H2,1H3/t11-/m1/s1. The average molecular weight is 234 g/mol. The number of carbonyl (C=O) groups is 1. The minimum atomic E-state index is 0.0124. The van der Waals surface area contributed by atoms with Crippen LogP contribution in [0, 0.1) is 0 Å². The smallest absolute Gasteiger partial charge is 0.224 e. The Kier molecular flexibility index (Phi) is 3.64. The molecule has 1 heterocycles. The lowest BCUT2D eigenvalue weighted by molar-refractivity contribution is -0.127. The summed E-state index contributed by atoms with van der Waals surface area (Å²) in [5, 5.41) is 0. The summed E-state index contributed by atoms with van der Waals surface area (Å²) in [6.45, 7) is 1.44. The van der Waals surface area contributed by atoms with Gasteiger partial charge in [0.25, 0.3) is 0 Å². The topological polar surface area (TPSA) is 55.6 Å². The van der Waals surface area contributed by atoms with E-state index in [-0.39, 0.29) is 11.9 Å². The van der Waals surface area contributed by atoms with Crippen molar-refractivity contribution in [3.63, 3.8) is 0 Å². The summed E-state index contributed by atoms with van der Waals surface area (Å²) in [7, 11) is 1.65. The molecule has 4 nitrogen and oxygen atoms in total. The molecule has 1 aliphatic rings. The average Bonchev–Trinajstić information content (AvgIpc) is 2.66. The number of nitrogens with zero attached hydrogens (tertiary/aromatic N) is 1. The van der Waals surface area contributed by atoms with Crippen LogP contribution in [0.5, 0.6) is 5.75 Å². The van der Waals surface area contributed by atoms with Crippen molar-refractivity contribution in [3.8, 4) is 5.75 Å². The zero-order valence-electron chi connectivity index (χ0n) is 10.1. The SMILES string of the molecule is COc1ccc(CCN2C[C@H](N)CC2=O)cc1. The molecular formula is C13H18N2O2. The van der Waals surface area contributed by atoms with Gasteiger partial charge in [0.15, 0.2) is 0 Å². The number of carbonyl (C=O) groups excluding carboxylic acids is 1. The Balaban J connectivity index is 1.87. The molecule has 92 valence electrons. The van der Waals surface area contributed by atoms with Crippen LogP contribution in [0.25, 0.3) is 0 Å². The minimum absolute atomic E-state index is 0.0124. The van der Waals surface area contributed by atoms with E-state index in [4.69, 9.17) is 10.5 Å². The van der Waals surface area contributed by atoms with Crippen LogP contribution in [0.3, 0.4) is 0 Å². The first-order valence-corrected chi connectivity index (χ1v) is 5.85. The number of hydrogen-bond donors (Lipinski definition) is 1. The van der Waals surface area contributed by atoms with E-state index in [9.17, 15) is 4.79 Å². The lowest BCUT2D eigenvalue weighted by atomic mass is 10.1. The van der Waals surface area contributed by atoms with Gasteiger partial charge < -0.3 is 15.4 Å². The quantitative estimate of drug-likeness (QED) is 0.838. The summed E-state index contributed by atoms with van der Waals surface area (Å²) in [5.74, 6) is 1.03. The van der Waals surface area contributed by atoms with Crippen LogP contribution >= 0.6 is 0 Å². The maximum atomic E-state index is 11.5. The van der Waals surface area contributed by atoms with E-state index in [1.807, 2.05) is 29.2 Å². The van der Waals surface area contributed by atoms with E-state index in [1.165, 1.54) is 5.56 Å². The second-order valence-corrected chi connectivity index (χ2v) is 4.40. The van der Waals surface area contributed by atoms with E-state index in [1.54, 1.807) is 7.11 Å². The highest BCUT2D eigenvalue weighted by atomic mass is 16.5. The maximum Gasteiger partial charge on any atom is 0.224 e. The van der Waals surface area contributed by atoms with Crippen LogP contribution in [0.1, 0.15) is 12.0 Å². The molecule has 0 aromatic heterocycles. The summed E-state index contributed by atoms with van der Waals surface area (Å²) in [4.78, 5) is 13.4. The number of amides is 1. The second-order valence-electron chi connectivity index (χ2n) is 4.40. The molecule has 4 heteroatoms. The summed E-state index contributed by atoms with van der Waals surface area (Å²) in [5.41, 5.74) is 6.95. The number of ether oxygens (including phenoxy) is 1. The van der Waals surface area contributed by atoms with Gasteiger partial charge in [0, 0.05) is 25.6 Å². The van der Waals surface area contributed by atoms with Crippen LogP contribution < -0.4 is 10.5 Å². The van der Waals surface area contributed by atoms with E-state index in [2.05, 4.69) is 0 Å². The van der Waals surface area contributed by atoms with Crippen molar-refractivity contribution in [1.29, 1.82) is 0 Å². The van der Waals surface area contributed by atoms with Gasteiger partial charge in [0.2, 0.25) is 5.91 Å². The second kappa shape index (κ2) is 5.19. The molecule has 1 aromatic carbocycles. The minimum Gasteiger partial charge on any atom is -0.497 e. The number of likely N-dealkylation sites (tertiary alicyclic amines) is 1. The highest BCUT2D eigenvalue weighted by molar-refractivity contribution is 5.79. The Hall–Kier alpha value is -1.55. The van der Waals surface area contributed by atoms with Gasteiger partial charge in [-0.3, -0.25) is 4.79 Å². The van der Waals surface area contributed by atoms with Gasteiger partial charge in [-0.15, -0.1) is 0 Å². The third-order valence-electron chi connectivity index (χ3n) is 3.07. The molecular weight excluding hydrogens is 216 g/mol. The Morgan fingerprint density at radius 2 is 2.12 bits per heavy atom. The van der Waals surface area contributed by atoms with Crippen LogP contribution in [-0.4, -0.2) is 37.0 Å². The summed E-state index contributed by atoms with van der Waals surface area (Å²) >= 11 is 0. The molecule has 2 N–H and O–H groups in total. The fourth-order valence-corrected chi connectivity index (χ4v) is 2.08. The Labute approximate surface area is 101 Å². The largest absolute Gasteiger partial charge is 0.497 e. The molecule has 1 saturated heterocycles. The molecule has 0 bridgehead atoms. The molecule has 1 aromatic rings. The van der Waals surface area contributed by atoms with Gasteiger partial charge in [-0.1, -0.05) is 12.1 Å². The first-order chi connectivity index (χ1) is 8.19. The van der Waals surface area contributed by atoms with Gasteiger partial charge in [0.1, 0.15) is 5.75 Å². The van der Waals surface area contributed by atoms with Crippen LogP contribution in [-0.2, 0) is 11.2 Å². The van der Waals surface area contributed by atoms with E-state index in [0.29, 0.717) is 13.0 Å². The number of benzene rings is 1. The third-order valence-corrected chi connectivity index (χ3v) is 3.07. The maximum absolute atomic E-state index is 11.5. The van der Waals surface area contributed by atoms with Gasteiger partial charge >= 0.3 is 0 Å². The first-order valence-electron chi connectivity index (χ1n) is 5.85. The normalized spacial score (nSPS) is 19.8. The molecule has 0 unspecified atom stereocenters. The molecule has 2 rings (SSSR count). The molecule has 0 aliphatic carbocycles. The molecule has 17 heavy (non-hydrogen) atoms. The Bertz CT molecular complexity index is 389. The highest BCUT2D eigenvalue weighted by Gasteiger charge is 2.26. The van der Waals surface area contributed by atoms with E-state index >= 15 is 0 Å². The molecule has 1 aliphatic heterocycles. The van der Waals surface area contributed by atoms with Crippen molar-refractivity contribution >= 4 is 5.91 Å². The number of rotatable bonds is 4. The fraction of sp³-hybridized carbons (Fsp3) is 0.462. The summed E-state index contributed by atoms with van der Waals surface area (Å²) in [6, 6.07) is 7.94. The Morgan fingerprint density at radius 1 is 1.41 bits per heavy atom.